The molecule has 2 aromatic rings. The maximum absolute atomic E-state index is 13.5. The van der Waals surface area contributed by atoms with Crippen LogP contribution in [0.5, 0.6) is 0 Å². The number of hydrogen-bond donors (Lipinski definition) is 1. The number of likely N-dealkylation sites (tertiary alicyclic amines) is 1. The molecule has 2 fully saturated rings. The van der Waals surface area contributed by atoms with E-state index in [1.54, 1.807) is 0 Å². The van der Waals surface area contributed by atoms with Gasteiger partial charge in [-0.1, -0.05) is 0 Å². The number of aromatic nitrogens is 2. The SMILES string of the molecule is CCc1cc(N2CC3CC2CN3C)ccc1Nc1ncc(C(F)(F)F)[c]([Sn]([CH3])([CH3])[CH3])n1. The molecule has 1 aromatic carbocycles. The van der Waals surface area contributed by atoms with Crippen molar-refractivity contribution in [2.45, 2.75) is 52.8 Å². The molecule has 4 rings (SSSR count). The van der Waals surface area contributed by atoms with Gasteiger partial charge in [-0.25, -0.2) is 0 Å². The first-order valence-electron chi connectivity index (χ1n) is 10.8. The molecule has 2 bridgehead atoms. The number of alkyl halides is 3. The molecular formula is C22H30F3N5Sn. The maximum atomic E-state index is 13.5. The third-order valence-corrected chi connectivity index (χ3v) is 11.5. The van der Waals surface area contributed by atoms with Crippen LogP contribution >= 0.6 is 0 Å². The predicted octanol–water partition coefficient (Wildman–Crippen LogP) is 4.24. The second kappa shape index (κ2) is 8.10. The van der Waals surface area contributed by atoms with Gasteiger partial charge in [0.15, 0.2) is 0 Å². The minimum absolute atomic E-state index is 0.200. The molecule has 2 saturated heterocycles. The number of halogens is 3. The number of hydrogen-bond acceptors (Lipinski definition) is 5. The summed E-state index contributed by atoms with van der Waals surface area (Å²) in [5.74, 6) is 0.235. The Labute approximate surface area is 185 Å². The Balaban J connectivity index is 1.61. The van der Waals surface area contributed by atoms with Crippen LogP contribution in [-0.2, 0) is 12.6 Å². The zero-order valence-electron chi connectivity index (χ0n) is 18.7. The van der Waals surface area contributed by atoms with Crippen LogP contribution in [0.1, 0.15) is 24.5 Å². The molecule has 0 aliphatic carbocycles. The van der Waals surface area contributed by atoms with Crippen LogP contribution in [0, 0.1) is 0 Å². The third-order valence-electron chi connectivity index (χ3n) is 6.37. The molecule has 0 amide bonds. The van der Waals surface area contributed by atoms with Crippen LogP contribution in [0.15, 0.2) is 24.4 Å². The number of nitrogens with one attached hydrogen (secondary N) is 1. The molecule has 2 atom stereocenters. The fourth-order valence-corrected chi connectivity index (χ4v) is 8.85. The molecule has 3 heterocycles. The van der Waals surface area contributed by atoms with Crippen LogP contribution in [0.2, 0.25) is 14.8 Å². The summed E-state index contributed by atoms with van der Waals surface area (Å²) in [4.78, 5) is 19.1. The quantitative estimate of drug-likeness (QED) is 0.576. The molecule has 5 nitrogen and oxygen atoms in total. The molecule has 0 saturated carbocycles. The topological polar surface area (TPSA) is 44.3 Å². The Morgan fingerprint density at radius 1 is 1.16 bits per heavy atom. The summed E-state index contributed by atoms with van der Waals surface area (Å²) in [6.45, 7) is 4.22. The molecule has 2 aliphatic rings. The monoisotopic (exact) mass is 541 g/mol. The molecule has 1 aromatic heterocycles. The van der Waals surface area contributed by atoms with Crippen molar-refractivity contribution in [3.8, 4) is 0 Å². The second-order valence-corrected chi connectivity index (χ2v) is 23.9. The van der Waals surface area contributed by atoms with Gasteiger partial charge in [0.05, 0.1) is 0 Å². The van der Waals surface area contributed by atoms with E-state index in [1.807, 2.05) is 20.9 Å². The third kappa shape index (κ3) is 4.51. The molecule has 2 unspecified atom stereocenters. The Hall–Kier alpha value is -1.55. The van der Waals surface area contributed by atoms with Gasteiger partial charge >= 0.3 is 179 Å². The van der Waals surface area contributed by atoms with E-state index in [-0.39, 0.29) is 9.66 Å². The molecule has 0 spiro atoms. The fraction of sp³-hybridized carbons (Fsp3) is 0.545. The van der Waals surface area contributed by atoms with E-state index in [1.165, 1.54) is 12.1 Å². The summed E-state index contributed by atoms with van der Waals surface area (Å²) in [5, 5.41) is 3.19. The molecule has 0 radical (unpaired) electrons. The number of aryl methyl sites for hydroxylation is 1. The van der Waals surface area contributed by atoms with Crippen molar-refractivity contribution in [3.05, 3.63) is 35.5 Å². The first-order chi connectivity index (χ1) is 14.5. The number of likely N-dealkylation sites (N-methyl/N-ethyl adjacent to an activating group) is 1. The molecule has 1 N–H and O–H groups in total. The molecule has 2 aliphatic heterocycles. The predicted molar refractivity (Wildman–Crippen MR) is 121 cm³/mol. The van der Waals surface area contributed by atoms with Gasteiger partial charge in [-0.3, -0.25) is 0 Å². The zero-order valence-corrected chi connectivity index (χ0v) is 21.6. The van der Waals surface area contributed by atoms with E-state index < -0.39 is 30.1 Å². The number of benzene rings is 1. The number of nitrogens with zero attached hydrogens (tertiary/aromatic N) is 4. The normalized spacial score (nSPS) is 21.7. The van der Waals surface area contributed by atoms with Gasteiger partial charge in [0.2, 0.25) is 0 Å². The second-order valence-electron chi connectivity index (χ2n) is 9.66. The summed E-state index contributed by atoms with van der Waals surface area (Å²) >= 11 is -3.12. The van der Waals surface area contributed by atoms with Gasteiger partial charge in [0.1, 0.15) is 0 Å². The summed E-state index contributed by atoms with van der Waals surface area (Å²) < 4.78 is 40.6. The molecule has 31 heavy (non-hydrogen) atoms. The summed E-state index contributed by atoms with van der Waals surface area (Å²) in [7, 11) is 2.19. The summed E-state index contributed by atoms with van der Waals surface area (Å²) in [6.07, 6.45) is -1.48. The van der Waals surface area contributed by atoms with E-state index in [0.29, 0.717) is 12.1 Å². The standard InChI is InChI=1S/C19H21F3N5.3CH3.Sn/c1-3-12-6-14(27-11-15-7-16(27)10-26(15)2)4-5-17(12)25-18-23-8-13(9-24-18)19(20,21)22;;;;/h4-6,8,15-16H,3,7,10-11H2,1-2H3,(H,23,24,25);3*1H3;. The zero-order chi connectivity index (χ0) is 22.6. The number of rotatable bonds is 5. The van der Waals surface area contributed by atoms with E-state index in [9.17, 15) is 13.2 Å². The van der Waals surface area contributed by atoms with Crippen LogP contribution in [-0.4, -0.2) is 65.5 Å². The average Bonchev–Trinajstić information content (AvgIpc) is 3.26. The van der Waals surface area contributed by atoms with Crippen molar-refractivity contribution >= 4 is 39.4 Å². The molecule has 9 heteroatoms. The van der Waals surface area contributed by atoms with Crippen LogP contribution < -0.4 is 13.9 Å². The number of piperazine rings is 1. The summed E-state index contributed by atoms with van der Waals surface area (Å²) in [6, 6.07) is 7.46. The Bertz CT molecular complexity index is 971. The number of fused-ring (bicyclic) bond motifs is 2. The van der Waals surface area contributed by atoms with Gasteiger partial charge in [0, 0.05) is 0 Å². The Morgan fingerprint density at radius 3 is 2.45 bits per heavy atom. The van der Waals surface area contributed by atoms with Crippen LogP contribution in [0.4, 0.5) is 30.5 Å². The minimum atomic E-state index is -4.43. The first kappa shape index (κ1) is 22.6. The van der Waals surface area contributed by atoms with Crippen molar-refractivity contribution < 1.29 is 13.2 Å². The average molecular weight is 540 g/mol. The first-order valence-corrected chi connectivity index (χ1v) is 20.8. The summed E-state index contributed by atoms with van der Waals surface area (Å²) in [5.41, 5.74) is 2.48. The molecule has 168 valence electrons. The van der Waals surface area contributed by atoms with Crippen LogP contribution in [0.3, 0.4) is 0 Å². The molecular weight excluding hydrogens is 510 g/mol. The van der Waals surface area contributed by atoms with E-state index in [0.717, 1.165) is 37.0 Å². The fourth-order valence-electron chi connectivity index (χ4n) is 4.70. The Morgan fingerprint density at radius 2 is 1.90 bits per heavy atom. The van der Waals surface area contributed by atoms with Crippen molar-refractivity contribution in [2.75, 3.05) is 30.4 Å². The van der Waals surface area contributed by atoms with Crippen molar-refractivity contribution in [3.63, 3.8) is 0 Å². The van der Waals surface area contributed by atoms with Gasteiger partial charge in [-0.05, 0) is 7.05 Å². The van der Waals surface area contributed by atoms with E-state index in [4.69, 9.17) is 0 Å². The van der Waals surface area contributed by atoms with Crippen molar-refractivity contribution in [1.82, 2.24) is 14.9 Å². The van der Waals surface area contributed by atoms with Gasteiger partial charge in [0.25, 0.3) is 0 Å². The van der Waals surface area contributed by atoms with E-state index >= 15 is 0 Å². The van der Waals surface area contributed by atoms with Gasteiger partial charge in [-0.15, -0.1) is 0 Å². The van der Waals surface area contributed by atoms with Crippen molar-refractivity contribution in [2.24, 2.45) is 0 Å². The van der Waals surface area contributed by atoms with Crippen LogP contribution in [0.25, 0.3) is 0 Å². The van der Waals surface area contributed by atoms with Crippen molar-refractivity contribution in [1.29, 1.82) is 0 Å². The van der Waals surface area contributed by atoms with Gasteiger partial charge in [-0.2, -0.15) is 0 Å². The Kier molecular flexibility index (Phi) is 5.91. The van der Waals surface area contributed by atoms with E-state index in [2.05, 4.69) is 51.2 Å². The number of anilines is 3. The van der Waals surface area contributed by atoms with Gasteiger partial charge < -0.3 is 0 Å².